The SMILES string of the molecule is COc1cccc2c1OC[C@H](Cc1ccccc1C(=O)N(C)C)C2. The smallest absolute Gasteiger partial charge is 0.253 e. The van der Waals surface area contributed by atoms with E-state index in [0.29, 0.717) is 12.5 Å². The molecule has 3 rings (SSSR count). The Labute approximate surface area is 143 Å². The van der Waals surface area contributed by atoms with E-state index in [9.17, 15) is 4.79 Å². The van der Waals surface area contributed by atoms with Gasteiger partial charge in [-0.15, -0.1) is 0 Å². The van der Waals surface area contributed by atoms with Crippen molar-refractivity contribution in [2.24, 2.45) is 5.92 Å². The highest BCUT2D eigenvalue weighted by Crippen LogP contribution is 2.36. The first kappa shape index (κ1) is 16.4. The Bertz CT molecular complexity index is 739. The maximum atomic E-state index is 12.4. The van der Waals surface area contributed by atoms with Crippen LogP contribution < -0.4 is 9.47 Å². The van der Waals surface area contributed by atoms with Gasteiger partial charge in [-0.25, -0.2) is 0 Å². The highest BCUT2D eigenvalue weighted by Gasteiger charge is 2.24. The van der Waals surface area contributed by atoms with Crippen molar-refractivity contribution in [1.29, 1.82) is 0 Å². The summed E-state index contributed by atoms with van der Waals surface area (Å²) in [6.07, 6.45) is 1.75. The van der Waals surface area contributed by atoms with E-state index in [0.717, 1.165) is 35.5 Å². The summed E-state index contributed by atoms with van der Waals surface area (Å²) in [6, 6.07) is 13.8. The average Bonchev–Trinajstić information content (AvgIpc) is 2.60. The van der Waals surface area contributed by atoms with Gasteiger partial charge in [0.1, 0.15) is 0 Å². The van der Waals surface area contributed by atoms with E-state index in [4.69, 9.17) is 9.47 Å². The number of fused-ring (bicyclic) bond motifs is 1. The number of hydrogen-bond donors (Lipinski definition) is 0. The summed E-state index contributed by atoms with van der Waals surface area (Å²) in [4.78, 5) is 14.0. The zero-order chi connectivity index (χ0) is 17.1. The Morgan fingerprint density at radius 3 is 2.75 bits per heavy atom. The van der Waals surface area contributed by atoms with Crippen LogP contribution in [-0.2, 0) is 12.8 Å². The molecule has 126 valence electrons. The third kappa shape index (κ3) is 3.23. The molecular weight excluding hydrogens is 302 g/mol. The number of nitrogens with zero attached hydrogens (tertiary/aromatic N) is 1. The van der Waals surface area contributed by atoms with Crippen LogP contribution in [0, 0.1) is 5.92 Å². The quantitative estimate of drug-likeness (QED) is 0.866. The minimum atomic E-state index is 0.0457. The van der Waals surface area contributed by atoms with E-state index in [2.05, 4.69) is 6.07 Å². The van der Waals surface area contributed by atoms with Crippen LogP contribution in [0.4, 0.5) is 0 Å². The van der Waals surface area contributed by atoms with E-state index >= 15 is 0 Å². The highest BCUT2D eigenvalue weighted by atomic mass is 16.5. The summed E-state index contributed by atoms with van der Waals surface area (Å²) >= 11 is 0. The molecule has 0 fully saturated rings. The summed E-state index contributed by atoms with van der Waals surface area (Å²) in [6.45, 7) is 0.637. The number of amides is 1. The van der Waals surface area contributed by atoms with E-state index in [-0.39, 0.29) is 5.91 Å². The molecule has 1 atom stereocenters. The van der Waals surface area contributed by atoms with Gasteiger partial charge in [0.05, 0.1) is 13.7 Å². The van der Waals surface area contributed by atoms with Crippen molar-refractivity contribution in [3.8, 4) is 11.5 Å². The van der Waals surface area contributed by atoms with Gasteiger partial charge >= 0.3 is 0 Å². The molecule has 0 radical (unpaired) electrons. The van der Waals surface area contributed by atoms with Crippen molar-refractivity contribution in [1.82, 2.24) is 4.90 Å². The molecule has 0 saturated carbocycles. The second-order valence-corrected chi connectivity index (χ2v) is 6.39. The largest absolute Gasteiger partial charge is 0.493 e. The number of carbonyl (C=O) groups excluding carboxylic acids is 1. The number of ether oxygens (including phenoxy) is 2. The molecular formula is C20H23NO3. The fourth-order valence-electron chi connectivity index (χ4n) is 3.21. The van der Waals surface area contributed by atoms with Crippen LogP contribution in [0.25, 0.3) is 0 Å². The molecule has 2 aromatic rings. The fraction of sp³-hybridized carbons (Fsp3) is 0.350. The standard InChI is InChI=1S/C20H23NO3/c1-21(2)20(22)17-9-5-4-7-15(17)11-14-12-16-8-6-10-18(23-3)19(16)24-13-14/h4-10,14H,11-13H2,1-3H3/t14-/m1/s1. The lowest BCUT2D eigenvalue weighted by molar-refractivity contribution is 0.0826. The topological polar surface area (TPSA) is 38.8 Å². The molecule has 0 spiro atoms. The Morgan fingerprint density at radius 1 is 1.21 bits per heavy atom. The van der Waals surface area contributed by atoms with Crippen LogP contribution >= 0.6 is 0 Å². The molecule has 0 saturated heterocycles. The molecule has 0 N–H and O–H groups in total. The van der Waals surface area contributed by atoms with Crippen molar-refractivity contribution in [3.63, 3.8) is 0 Å². The summed E-state index contributed by atoms with van der Waals surface area (Å²) < 4.78 is 11.3. The number of para-hydroxylation sites is 1. The van der Waals surface area contributed by atoms with E-state index < -0.39 is 0 Å². The fourth-order valence-corrected chi connectivity index (χ4v) is 3.21. The molecule has 0 bridgehead atoms. The highest BCUT2D eigenvalue weighted by molar-refractivity contribution is 5.95. The maximum absolute atomic E-state index is 12.4. The number of hydrogen-bond acceptors (Lipinski definition) is 3. The first-order valence-electron chi connectivity index (χ1n) is 8.18. The van der Waals surface area contributed by atoms with Crippen LogP contribution in [0.2, 0.25) is 0 Å². The van der Waals surface area contributed by atoms with Gasteiger partial charge in [-0.2, -0.15) is 0 Å². The van der Waals surface area contributed by atoms with Crippen molar-refractivity contribution >= 4 is 5.91 Å². The maximum Gasteiger partial charge on any atom is 0.253 e. The van der Waals surface area contributed by atoms with E-state index in [1.165, 1.54) is 5.56 Å². The van der Waals surface area contributed by atoms with Crippen molar-refractivity contribution < 1.29 is 14.3 Å². The lowest BCUT2D eigenvalue weighted by Gasteiger charge is -2.27. The second-order valence-electron chi connectivity index (χ2n) is 6.39. The van der Waals surface area contributed by atoms with Gasteiger partial charge in [0, 0.05) is 25.6 Å². The molecule has 1 aliphatic rings. The molecule has 0 aromatic heterocycles. The first-order valence-corrected chi connectivity index (χ1v) is 8.18. The Balaban J connectivity index is 1.80. The molecule has 1 amide bonds. The van der Waals surface area contributed by atoms with Crippen molar-refractivity contribution in [2.75, 3.05) is 27.8 Å². The van der Waals surface area contributed by atoms with Gasteiger partial charge in [0.15, 0.2) is 11.5 Å². The van der Waals surface area contributed by atoms with Crippen molar-refractivity contribution in [3.05, 3.63) is 59.2 Å². The molecule has 2 aromatic carbocycles. The molecule has 0 aliphatic carbocycles. The van der Waals surface area contributed by atoms with Gasteiger partial charge in [0.2, 0.25) is 0 Å². The van der Waals surface area contributed by atoms with Crippen LogP contribution in [0.15, 0.2) is 42.5 Å². The summed E-state index contributed by atoms with van der Waals surface area (Å²) in [5.41, 5.74) is 3.03. The minimum absolute atomic E-state index is 0.0457. The van der Waals surface area contributed by atoms with Gasteiger partial charge in [0.25, 0.3) is 5.91 Å². The molecule has 1 heterocycles. The zero-order valence-electron chi connectivity index (χ0n) is 14.4. The first-order chi connectivity index (χ1) is 11.6. The van der Waals surface area contributed by atoms with Crippen LogP contribution in [0.3, 0.4) is 0 Å². The number of benzene rings is 2. The third-order valence-electron chi connectivity index (χ3n) is 4.41. The monoisotopic (exact) mass is 325 g/mol. The average molecular weight is 325 g/mol. The lowest BCUT2D eigenvalue weighted by atomic mass is 9.89. The predicted octanol–water partition coefficient (Wildman–Crippen LogP) is 3.19. The van der Waals surface area contributed by atoms with Gasteiger partial charge < -0.3 is 14.4 Å². The lowest BCUT2D eigenvalue weighted by Crippen LogP contribution is -2.26. The number of methoxy groups -OCH3 is 1. The number of rotatable bonds is 4. The zero-order valence-corrected chi connectivity index (χ0v) is 14.4. The molecule has 4 nitrogen and oxygen atoms in total. The Kier molecular flexibility index (Phi) is 4.74. The van der Waals surface area contributed by atoms with Crippen LogP contribution in [0.5, 0.6) is 11.5 Å². The van der Waals surface area contributed by atoms with Crippen molar-refractivity contribution in [2.45, 2.75) is 12.8 Å². The third-order valence-corrected chi connectivity index (χ3v) is 4.41. The summed E-state index contributed by atoms with van der Waals surface area (Å²) in [7, 11) is 5.23. The molecule has 0 unspecified atom stereocenters. The molecule has 24 heavy (non-hydrogen) atoms. The van der Waals surface area contributed by atoms with Gasteiger partial charge in [-0.05, 0) is 36.1 Å². The Morgan fingerprint density at radius 2 is 2.00 bits per heavy atom. The molecule has 4 heteroatoms. The van der Waals surface area contributed by atoms with Gasteiger partial charge in [-0.1, -0.05) is 30.3 Å². The normalized spacial score (nSPS) is 16.0. The van der Waals surface area contributed by atoms with Gasteiger partial charge in [-0.3, -0.25) is 4.79 Å². The predicted molar refractivity (Wildman–Crippen MR) is 93.8 cm³/mol. The van der Waals surface area contributed by atoms with E-state index in [1.807, 2.05) is 36.4 Å². The summed E-state index contributed by atoms with van der Waals surface area (Å²) in [5.74, 6) is 2.04. The van der Waals surface area contributed by atoms with Crippen LogP contribution in [-0.4, -0.2) is 38.6 Å². The second kappa shape index (κ2) is 6.95. The van der Waals surface area contributed by atoms with E-state index in [1.54, 1.807) is 26.1 Å². The Hall–Kier alpha value is -2.49. The van der Waals surface area contributed by atoms with Crippen LogP contribution in [0.1, 0.15) is 21.5 Å². The summed E-state index contributed by atoms with van der Waals surface area (Å²) in [5, 5.41) is 0. The number of carbonyl (C=O) groups is 1. The molecule has 1 aliphatic heterocycles. The minimum Gasteiger partial charge on any atom is -0.493 e.